The van der Waals surface area contributed by atoms with Crippen molar-refractivity contribution in [1.82, 2.24) is 10.6 Å². The maximum Gasteiger partial charge on any atom is 0.224 e. The summed E-state index contributed by atoms with van der Waals surface area (Å²) in [6, 6.07) is 0.741. The van der Waals surface area contributed by atoms with Gasteiger partial charge in [0.25, 0.3) is 0 Å². The van der Waals surface area contributed by atoms with E-state index in [1.165, 1.54) is 6.42 Å². The molecule has 17 heavy (non-hydrogen) atoms. The van der Waals surface area contributed by atoms with Gasteiger partial charge in [-0.15, -0.1) is 0 Å². The summed E-state index contributed by atoms with van der Waals surface area (Å²) in [7, 11) is 0. The van der Waals surface area contributed by atoms with Crippen LogP contribution >= 0.6 is 0 Å². The van der Waals surface area contributed by atoms with E-state index in [2.05, 4.69) is 31.4 Å². The number of piperidine rings is 1. The summed E-state index contributed by atoms with van der Waals surface area (Å²) in [6.07, 6.45) is 5.67. The standard InChI is InChI=1S/C14H26N2O/c1-10-12(5-4-8-15-10)13(17)16-11-6-7-14(2,3)9-11/h10-12,15H,4-9H2,1-3H3,(H,16,17). The molecule has 1 saturated carbocycles. The lowest BCUT2D eigenvalue weighted by molar-refractivity contribution is -0.127. The Balaban J connectivity index is 1.84. The minimum atomic E-state index is 0.174. The number of carbonyl (C=O) groups excluding carboxylic acids is 1. The predicted molar refractivity (Wildman–Crippen MR) is 69.8 cm³/mol. The predicted octanol–water partition coefficient (Wildman–Crippen LogP) is 2.07. The molecule has 3 unspecified atom stereocenters. The van der Waals surface area contributed by atoms with Crippen molar-refractivity contribution in [3.8, 4) is 0 Å². The molecule has 2 rings (SSSR count). The number of carbonyl (C=O) groups is 1. The Morgan fingerprint density at radius 2 is 2.12 bits per heavy atom. The SMILES string of the molecule is CC1NCCCC1C(=O)NC1CCC(C)(C)C1. The summed E-state index contributed by atoms with van der Waals surface area (Å²) in [5.41, 5.74) is 0.411. The van der Waals surface area contributed by atoms with E-state index >= 15 is 0 Å². The Morgan fingerprint density at radius 1 is 1.35 bits per heavy atom. The molecule has 0 bridgehead atoms. The van der Waals surface area contributed by atoms with Crippen LogP contribution in [0.5, 0.6) is 0 Å². The van der Waals surface area contributed by atoms with Crippen LogP contribution in [0.25, 0.3) is 0 Å². The van der Waals surface area contributed by atoms with Gasteiger partial charge in [-0.3, -0.25) is 4.79 Å². The minimum absolute atomic E-state index is 0.174. The third-order valence-electron chi connectivity index (χ3n) is 4.41. The topological polar surface area (TPSA) is 41.1 Å². The van der Waals surface area contributed by atoms with Gasteiger partial charge in [-0.05, 0) is 51.0 Å². The fourth-order valence-corrected chi connectivity index (χ4v) is 3.27. The van der Waals surface area contributed by atoms with E-state index in [1.54, 1.807) is 0 Å². The van der Waals surface area contributed by atoms with Crippen molar-refractivity contribution in [1.29, 1.82) is 0 Å². The monoisotopic (exact) mass is 238 g/mol. The van der Waals surface area contributed by atoms with Gasteiger partial charge in [0.1, 0.15) is 0 Å². The summed E-state index contributed by atoms with van der Waals surface area (Å²) in [4.78, 5) is 12.2. The molecule has 2 aliphatic rings. The lowest BCUT2D eigenvalue weighted by Crippen LogP contribution is -2.48. The highest BCUT2D eigenvalue weighted by atomic mass is 16.2. The highest BCUT2D eigenvalue weighted by Gasteiger charge is 2.34. The Hall–Kier alpha value is -0.570. The first kappa shape index (κ1) is 12.9. The van der Waals surface area contributed by atoms with Crippen molar-refractivity contribution in [2.24, 2.45) is 11.3 Å². The number of rotatable bonds is 2. The van der Waals surface area contributed by atoms with Crippen LogP contribution < -0.4 is 10.6 Å². The highest BCUT2D eigenvalue weighted by molar-refractivity contribution is 5.79. The molecule has 0 spiro atoms. The van der Waals surface area contributed by atoms with E-state index in [1.807, 2.05) is 0 Å². The van der Waals surface area contributed by atoms with Crippen molar-refractivity contribution in [3.05, 3.63) is 0 Å². The first-order chi connectivity index (χ1) is 7.98. The summed E-state index contributed by atoms with van der Waals surface area (Å²) in [6.45, 7) is 7.78. The maximum atomic E-state index is 12.2. The van der Waals surface area contributed by atoms with Crippen LogP contribution in [-0.4, -0.2) is 24.5 Å². The van der Waals surface area contributed by atoms with Crippen LogP contribution in [0, 0.1) is 11.3 Å². The molecule has 1 amide bonds. The molecule has 1 saturated heterocycles. The van der Waals surface area contributed by atoms with Crippen LogP contribution in [0.1, 0.15) is 52.9 Å². The van der Waals surface area contributed by atoms with Crippen molar-refractivity contribution in [3.63, 3.8) is 0 Å². The van der Waals surface area contributed by atoms with E-state index in [4.69, 9.17) is 0 Å². The third kappa shape index (κ3) is 3.21. The second-order valence-electron chi connectivity index (χ2n) is 6.60. The van der Waals surface area contributed by atoms with Crippen LogP contribution in [0.3, 0.4) is 0 Å². The van der Waals surface area contributed by atoms with E-state index in [0.717, 1.165) is 32.2 Å². The van der Waals surface area contributed by atoms with Crippen LogP contribution in [0.2, 0.25) is 0 Å². The molecule has 1 heterocycles. The average Bonchev–Trinajstić information content (AvgIpc) is 2.58. The molecule has 1 aliphatic carbocycles. The van der Waals surface area contributed by atoms with E-state index in [0.29, 0.717) is 17.5 Å². The lowest BCUT2D eigenvalue weighted by Gasteiger charge is -2.30. The van der Waals surface area contributed by atoms with Gasteiger partial charge >= 0.3 is 0 Å². The van der Waals surface area contributed by atoms with Gasteiger partial charge in [0.05, 0.1) is 5.92 Å². The Morgan fingerprint density at radius 3 is 2.71 bits per heavy atom. The van der Waals surface area contributed by atoms with Crippen molar-refractivity contribution in [2.75, 3.05) is 6.54 Å². The first-order valence-corrected chi connectivity index (χ1v) is 7.02. The fraction of sp³-hybridized carbons (Fsp3) is 0.929. The second-order valence-corrected chi connectivity index (χ2v) is 6.60. The summed E-state index contributed by atoms with van der Waals surface area (Å²) >= 11 is 0. The molecule has 3 nitrogen and oxygen atoms in total. The van der Waals surface area contributed by atoms with Crippen LogP contribution in [0.15, 0.2) is 0 Å². The van der Waals surface area contributed by atoms with Crippen LogP contribution in [0.4, 0.5) is 0 Å². The first-order valence-electron chi connectivity index (χ1n) is 7.02. The molecule has 3 heteroatoms. The lowest BCUT2D eigenvalue weighted by atomic mass is 9.90. The smallest absolute Gasteiger partial charge is 0.224 e. The quantitative estimate of drug-likeness (QED) is 0.773. The number of hydrogen-bond donors (Lipinski definition) is 2. The summed E-state index contributed by atoms with van der Waals surface area (Å²) in [5.74, 6) is 0.444. The zero-order valence-electron chi connectivity index (χ0n) is 11.4. The molecule has 2 fully saturated rings. The van der Waals surface area contributed by atoms with Crippen molar-refractivity contribution < 1.29 is 4.79 Å². The van der Waals surface area contributed by atoms with Gasteiger partial charge in [0.2, 0.25) is 5.91 Å². The van der Waals surface area contributed by atoms with Crippen molar-refractivity contribution >= 4 is 5.91 Å². The molecule has 3 atom stereocenters. The number of amides is 1. The summed E-state index contributed by atoms with van der Waals surface area (Å²) in [5, 5.41) is 6.65. The Kier molecular flexibility index (Phi) is 3.76. The molecule has 0 radical (unpaired) electrons. The van der Waals surface area contributed by atoms with Gasteiger partial charge in [0.15, 0.2) is 0 Å². The fourth-order valence-electron chi connectivity index (χ4n) is 3.27. The molecule has 0 aromatic rings. The third-order valence-corrected chi connectivity index (χ3v) is 4.41. The second kappa shape index (κ2) is 4.97. The molecular weight excluding hydrogens is 212 g/mol. The Labute approximate surface area is 105 Å². The van der Waals surface area contributed by atoms with Crippen molar-refractivity contribution in [2.45, 2.75) is 65.0 Å². The van der Waals surface area contributed by atoms with Gasteiger partial charge < -0.3 is 10.6 Å². The molecule has 0 aromatic heterocycles. The van der Waals surface area contributed by atoms with E-state index in [9.17, 15) is 4.79 Å². The van der Waals surface area contributed by atoms with Gasteiger partial charge in [-0.1, -0.05) is 13.8 Å². The van der Waals surface area contributed by atoms with E-state index in [-0.39, 0.29) is 11.8 Å². The minimum Gasteiger partial charge on any atom is -0.353 e. The maximum absolute atomic E-state index is 12.2. The van der Waals surface area contributed by atoms with Gasteiger partial charge in [0, 0.05) is 12.1 Å². The van der Waals surface area contributed by atoms with E-state index < -0.39 is 0 Å². The highest BCUT2D eigenvalue weighted by Crippen LogP contribution is 2.37. The van der Waals surface area contributed by atoms with Gasteiger partial charge in [-0.25, -0.2) is 0 Å². The normalized spacial score (nSPS) is 36.8. The van der Waals surface area contributed by atoms with Crippen LogP contribution in [-0.2, 0) is 4.79 Å². The zero-order chi connectivity index (χ0) is 12.5. The molecular formula is C14H26N2O. The number of nitrogens with one attached hydrogen (secondary N) is 2. The molecule has 2 N–H and O–H groups in total. The van der Waals surface area contributed by atoms with Gasteiger partial charge in [-0.2, -0.15) is 0 Å². The largest absolute Gasteiger partial charge is 0.353 e. The Bertz CT molecular complexity index is 288. The zero-order valence-corrected chi connectivity index (χ0v) is 11.4. The summed E-state index contributed by atoms with van der Waals surface area (Å²) < 4.78 is 0. The molecule has 1 aliphatic heterocycles. The molecule has 0 aromatic carbocycles. The average molecular weight is 238 g/mol. The molecule has 98 valence electrons. The number of hydrogen-bond acceptors (Lipinski definition) is 2.